The summed E-state index contributed by atoms with van der Waals surface area (Å²) in [5, 5.41) is 9.44. The molecule has 0 radical (unpaired) electrons. The molecule has 5 nitrogen and oxygen atoms in total. The van der Waals surface area contributed by atoms with E-state index in [-0.39, 0.29) is 11.7 Å². The molecular formula is C18H26N2O3. The van der Waals surface area contributed by atoms with Crippen molar-refractivity contribution < 1.29 is 14.6 Å². The van der Waals surface area contributed by atoms with E-state index in [0.29, 0.717) is 11.7 Å². The van der Waals surface area contributed by atoms with Gasteiger partial charge in [0.15, 0.2) is 0 Å². The van der Waals surface area contributed by atoms with Crippen LogP contribution >= 0.6 is 0 Å². The Balaban J connectivity index is 2.47. The number of carboxylic acids is 1. The first-order chi connectivity index (χ1) is 11.0. The number of aromatic carboxylic acids is 1. The molecule has 0 aliphatic carbocycles. The van der Waals surface area contributed by atoms with Crippen LogP contribution in [0, 0.1) is 0 Å². The van der Waals surface area contributed by atoms with Crippen LogP contribution in [0.3, 0.4) is 0 Å². The zero-order valence-corrected chi connectivity index (χ0v) is 14.4. The van der Waals surface area contributed by atoms with Crippen LogP contribution in [0.1, 0.15) is 75.3 Å². The van der Waals surface area contributed by atoms with Gasteiger partial charge >= 0.3 is 5.97 Å². The molecule has 2 heterocycles. The lowest BCUT2D eigenvalue weighted by atomic mass is 9.98. The Morgan fingerprint density at radius 2 is 2.04 bits per heavy atom. The van der Waals surface area contributed by atoms with E-state index in [1.54, 1.807) is 16.7 Å². The largest absolute Gasteiger partial charge is 0.490 e. The minimum Gasteiger partial charge on any atom is -0.490 e. The first-order valence-corrected chi connectivity index (χ1v) is 8.42. The van der Waals surface area contributed by atoms with Gasteiger partial charge < -0.3 is 14.2 Å². The van der Waals surface area contributed by atoms with Crippen molar-refractivity contribution >= 4 is 11.6 Å². The minimum absolute atomic E-state index is 0.0338. The van der Waals surface area contributed by atoms with Crippen molar-refractivity contribution in [1.29, 1.82) is 0 Å². The summed E-state index contributed by atoms with van der Waals surface area (Å²) in [5.41, 5.74) is 1.93. The van der Waals surface area contributed by atoms with Crippen molar-refractivity contribution in [2.45, 2.75) is 65.4 Å². The van der Waals surface area contributed by atoms with E-state index >= 15 is 0 Å². The third-order valence-corrected chi connectivity index (χ3v) is 4.26. The maximum atomic E-state index is 11.5. The molecule has 126 valence electrons. The van der Waals surface area contributed by atoms with Gasteiger partial charge in [0, 0.05) is 24.4 Å². The highest BCUT2D eigenvalue weighted by Gasteiger charge is 2.18. The third-order valence-electron chi connectivity index (χ3n) is 4.26. The van der Waals surface area contributed by atoms with Gasteiger partial charge in [0.05, 0.1) is 11.8 Å². The number of rotatable bonds is 8. The molecule has 0 aliphatic rings. The van der Waals surface area contributed by atoms with Gasteiger partial charge in [0.25, 0.3) is 0 Å². The van der Waals surface area contributed by atoms with Gasteiger partial charge in [-0.3, -0.25) is 0 Å². The number of aromatic nitrogens is 2. The SMILES string of the molecule is CCCC(CC)c1cn2cc(C(=O)O)c(OC(C)CC)cc2n1. The molecule has 0 fully saturated rings. The molecule has 0 bridgehead atoms. The molecule has 0 amide bonds. The summed E-state index contributed by atoms with van der Waals surface area (Å²) in [6.45, 7) is 8.26. The topological polar surface area (TPSA) is 63.8 Å². The lowest BCUT2D eigenvalue weighted by Crippen LogP contribution is -2.13. The fourth-order valence-electron chi connectivity index (χ4n) is 2.70. The number of pyridine rings is 1. The second-order valence-electron chi connectivity index (χ2n) is 6.02. The second-order valence-corrected chi connectivity index (χ2v) is 6.02. The van der Waals surface area contributed by atoms with E-state index < -0.39 is 5.97 Å². The molecule has 2 aromatic heterocycles. The summed E-state index contributed by atoms with van der Waals surface area (Å²) in [5.74, 6) is -0.187. The summed E-state index contributed by atoms with van der Waals surface area (Å²) in [7, 11) is 0. The quantitative estimate of drug-likeness (QED) is 0.778. The number of nitrogens with zero attached hydrogens (tertiary/aromatic N) is 2. The monoisotopic (exact) mass is 318 g/mol. The Labute approximate surface area is 137 Å². The predicted octanol–water partition coefficient (Wildman–Crippen LogP) is 4.50. The molecular weight excluding hydrogens is 292 g/mol. The van der Waals surface area contributed by atoms with E-state index in [1.807, 2.05) is 20.0 Å². The molecule has 1 N–H and O–H groups in total. The van der Waals surface area contributed by atoms with Crippen LogP contribution in [0.4, 0.5) is 0 Å². The van der Waals surface area contributed by atoms with Crippen LogP contribution in [0.25, 0.3) is 5.65 Å². The standard InChI is InChI=1S/C18H26N2O3/c1-5-8-13(7-3)15-11-20-10-14(18(21)22)16(9-17(20)19-15)23-12(4)6-2/h9-13H,5-8H2,1-4H3,(H,21,22). The molecule has 2 unspecified atom stereocenters. The van der Waals surface area contributed by atoms with Crippen LogP contribution in [0.5, 0.6) is 5.75 Å². The van der Waals surface area contributed by atoms with Gasteiger partial charge in [0.2, 0.25) is 0 Å². The van der Waals surface area contributed by atoms with E-state index in [0.717, 1.165) is 37.0 Å². The molecule has 0 aliphatic heterocycles. The van der Waals surface area contributed by atoms with Crippen molar-refractivity contribution in [3.05, 3.63) is 29.7 Å². The molecule has 2 rings (SSSR count). The lowest BCUT2D eigenvalue weighted by Gasteiger charge is -2.14. The Kier molecular flexibility index (Phi) is 5.64. The highest BCUT2D eigenvalue weighted by Crippen LogP contribution is 2.27. The molecule has 2 aromatic rings. The first kappa shape index (κ1) is 17.3. The number of carbonyl (C=O) groups is 1. The molecule has 0 aromatic carbocycles. The zero-order chi connectivity index (χ0) is 17.0. The summed E-state index contributed by atoms with van der Waals surface area (Å²) in [4.78, 5) is 16.2. The number of carboxylic acid groups (broad SMARTS) is 1. The Bertz CT molecular complexity index is 678. The normalized spacial score (nSPS) is 13.9. The van der Waals surface area contributed by atoms with Crippen molar-refractivity contribution in [3.8, 4) is 5.75 Å². The molecule has 2 atom stereocenters. The number of fused-ring (bicyclic) bond motifs is 1. The fraction of sp³-hybridized carbons (Fsp3) is 0.556. The van der Waals surface area contributed by atoms with E-state index in [4.69, 9.17) is 4.74 Å². The second kappa shape index (κ2) is 7.49. The average molecular weight is 318 g/mol. The highest BCUT2D eigenvalue weighted by atomic mass is 16.5. The molecule has 0 saturated carbocycles. The summed E-state index contributed by atoms with van der Waals surface area (Å²) in [6.07, 6.45) is 7.55. The molecule has 23 heavy (non-hydrogen) atoms. The predicted molar refractivity (Wildman–Crippen MR) is 90.5 cm³/mol. The van der Waals surface area contributed by atoms with E-state index in [2.05, 4.69) is 18.8 Å². The summed E-state index contributed by atoms with van der Waals surface area (Å²) in [6, 6.07) is 1.73. The smallest absolute Gasteiger partial charge is 0.341 e. The van der Waals surface area contributed by atoms with Crippen molar-refractivity contribution in [1.82, 2.24) is 9.38 Å². The van der Waals surface area contributed by atoms with E-state index in [9.17, 15) is 9.90 Å². The Morgan fingerprint density at radius 3 is 2.61 bits per heavy atom. The zero-order valence-electron chi connectivity index (χ0n) is 14.4. The third kappa shape index (κ3) is 3.84. The number of ether oxygens (including phenoxy) is 1. The minimum atomic E-state index is -0.985. The number of imidazole rings is 1. The summed E-state index contributed by atoms with van der Waals surface area (Å²) >= 11 is 0. The Morgan fingerprint density at radius 1 is 1.30 bits per heavy atom. The van der Waals surface area contributed by atoms with Crippen LogP contribution in [-0.4, -0.2) is 26.6 Å². The van der Waals surface area contributed by atoms with Crippen molar-refractivity contribution in [2.24, 2.45) is 0 Å². The van der Waals surface area contributed by atoms with Crippen LogP contribution in [-0.2, 0) is 0 Å². The lowest BCUT2D eigenvalue weighted by molar-refractivity contribution is 0.0689. The number of hydrogen-bond donors (Lipinski definition) is 1. The summed E-state index contributed by atoms with van der Waals surface area (Å²) < 4.78 is 7.57. The van der Waals surface area contributed by atoms with Crippen LogP contribution in [0.15, 0.2) is 18.5 Å². The first-order valence-electron chi connectivity index (χ1n) is 8.42. The molecule has 0 saturated heterocycles. The van der Waals surface area contributed by atoms with Crippen molar-refractivity contribution in [3.63, 3.8) is 0 Å². The molecule has 0 spiro atoms. The van der Waals surface area contributed by atoms with Crippen LogP contribution < -0.4 is 4.74 Å². The highest BCUT2D eigenvalue weighted by molar-refractivity contribution is 5.91. The number of hydrogen-bond acceptors (Lipinski definition) is 3. The average Bonchev–Trinajstić information content (AvgIpc) is 2.93. The van der Waals surface area contributed by atoms with Gasteiger partial charge in [-0.2, -0.15) is 0 Å². The van der Waals surface area contributed by atoms with Gasteiger partial charge in [-0.1, -0.05) is 27.2 Å². The van der Waals surface area contributed by atoms with Gasteiger partial charge in [-0.15, -0.1) is 0 Å². The van der Waals surface area contributed by atoms with Crippen molar-refractivity contribution in [2.75, 3.05) is 0 Å². The molecule has 5 heteroatoms. The van der Waals surface area contributed by atoms with Gasteiger partial charge in [-0.25, -0.2) is 9.78 Å². The van der Waals surface area contributed by atoms with E-state index in [1.165, 1.54) is 0 Å². The maximum Gasteiger partial charge on any atom is 0.341 e. The van der Waals surface area contributed by atoms with Gasteiger partial charge in [-0.05, 0) is 26.2 Å². The maximum absolute atomic E-state index is 11.5. The van der Waals surface area contributed by atoms with Crippen LogP contribution in [0.2, 0.25) is 0 Å². The van der Waals surface area contributed by atoms with Gasteiger partial charge in [0.1, 0.15) is 17.0 Å². The Hall–Kier alpha value is -2.04. The fourth-order valence-corrected chi connectivity index (χ4v) is 2.70.